The lowest BCUT2D eigenvalue weighted by atomic mass is 10.3. The lowest BCUT2D eigenvalue weighted by molar-refractivity contribution is 0.476. The summed E-state index contributed by atoms with van der Waals surface area (Å²) < 4.78 is 0.953. The Morgan fingerprint density at radius 1 is 1.20 bits per heavy atom. The number of aromatic nitrogens is 3. The molecule has 0 aliphatic carbocycles. The molecule has 1 aromatic carbocycles. The molecule has 3 rings (SSSR count). The van der Waals surface area contributed by atoms with Gasteiger partial charge in [0.05, 0.1) is 15.8 Å². The fourth-order valence-corrected chi connectivity index (χ4v) is 2.51. The first kappa shape index (κ1) is 12.3. The molecule has 1 N–H and O–H groups in total. The highest BCUT2D eigenvalue weighted by atomic mass is 32.1. The first-order valence-corrected chi connectivity index (χ1v) is 6.65. The van der Waals surface area contributed by atoms with E-state index in [4.69, 9.17) is 0 Å². The third-order valence-electron chi connectivity index (χ3n) is 2.47. The third-order valence-corrected chi connectivity index (χ3v) is 3.46. The Balaban J connectivity index is 1.79. The van der Waals surface area contributed by atoms with Crippen LogP contribution in [0.3, 0.4) is 0 Å². The molecule has 0 aliphatic heterocycles. The van der Waals surface area contributed by atoms with Gasteiger partial charge in [-0.15, -0.1) is 11.3 Å². The Morgan fingerprint density at radius 3 is 2.90 bits per heavy atom. The fraction of sp³-hybridized carbons (Fsp3) is 0. The van der Waals surface area contributed by atoms with Crippen LogP contribution < -0.4 is 0 Å². The molecule has 0 aliphatic rings. The van der Waals surface area contributed by atoms with Crippen LogP contribution in [-0.2, 0) is 0 Å². The highest BCUT2D eigenvalue weighted by Gasteiger charge is 2.01. The summed E-state index contributed by atoms with van der Waals surface area (Å²) in [7, 11) is 0. The number of nitrogens with zero attached hydrogens (tertiary/aromatic N) is 3. The predicted molar refractivity (Wildman–Crippen MR) is 79.2 cm³/mol. The molecular weight excluding hydrogens is 270 g/mol. The zero-order valence-corrected chi connectivity index (χ0v) is 11.1. The van der Waals surface area contributed by atoms with Gasteiger partial charge in [-0.05, 0) is 30.4 Å². The minimum atomic E-state index is 0.251. The van der Waals surface area contributed by atoms with Gasteiger partial charge in [-0.1, -0.05) is 11.8 Å². The average molecular weight is 279 g/mol. The SMILES string of the molecule is Oc1ccc2nc(/C=C/C#Cc3cncnc3)sc2c1. The second-order valence-electron chi connectivity index (χ2n) is 3.93. The van der Waals surface area contributed by atoms with Gasteiger partial charge in [0, 0.05) is 12.4 Å². The average Bonchev–Trinajstić information content (AvgIpc) is 2.86. The number of aromatic hydroxyl groups is 1. The molecule has 0 bridgehead atoms. The maximum absolute atomic E-state index is 9.41. The van der Waals surface area contributed by atoms with Crippen LogP contribution in [0, 0.1) is 11.8 Å². The van der Waals surface area contributed by atoms with E-state index >= 15 is 0 Å². The number of hydrogen-bond acceptors (Lipinski definition) is 5. The van der Waals surface area contributed by atoms with Crippen LogP contribution in [0.2, 0.25) is 0 Å². The zero-order valence-electron chi connectivity index (χ0n) is 10.3. The summed E-state index contributed by atoms with van der Waals surface area (Å²) in [4.78, 5) is 12.2. The van der Waals surface area contributed by atoms with E-state index in [1.807, 2.05) is 6.08 Å². The molecule has 0 fully saturated rings. The van der Waals surface area contributed by atoms with Gasteiger partial charge >= 0.3 is 0 Å². The molecule has 0 spiro atoms. The molecule has 96 valence electrons. The van der Waals surface area contributed by atoms with Crippen LogP contribution in [-0.4, -0.2) is 20.1 Å². The van der Waals surface area contributed by atoms with Crippen molar-refractivity contribution in [2.75, 3.05) is 0 Å². The maximum atomic E-state index is 9.41. The topological polar surface area (TPSA) is 58.9 Å². The van der Waals surface area contributed by atoms with Crippen molar-refractivity contribution >= 4 is 27.6 Å². The largest absolute Gasteiger partial charge is 0.508 e. The summed E-state index contributed by atoms with van der Waals surface area (Å²) in [5.74, 6) is 6.10. The van der Waals surface area contributed by atoms with E-state index in [1.165, 1.54) is 17.7 Å². The molecule has 2 aromatic heterocycles. The van der Waals surface area contributed by atoms with Crippen molar-refractivity contribution in [1.29, 1.82) is 0 Å². The molecule has 5 heteroatoms. The molecule has 0 unspecified atom stereocenters. The quantitative estimate of drug-likeness (QED) is 0.696. The molecule has 2 heterocycles. The third kappa shape index (κ3) is 2.82. The monoisotopic (exact) mass is 279 g/mol. The number of hydrogen-bond donors (Lipinski definition) is 1. The Labute approximate surface area is 119 Å². The number of allylic oxidation sites excluding steroid dienone is 1. The number of benzene rings is 1. The van der Waals surface area contributed by atoms with Crippen molar-refractivity contribution in [3.8, 4) is 17.6 Å². The normalized spacial score (nSPS) is 10.6. The van der Waals surface area contributed by atoms with E-state index in [-0.39, 0.29) is 5.75 Å². The Kier molecular flexibility index (Phi) is 3.40. The molecule has 0 saturated carbocycles. The zero-order chi connectivity index (χ0) is 13.8. The second-order valence-corrected chi connectivity index (χ2v) is 5.00. The van der Waals surface area contributed by atoms with E-state index in [0.29, 0.717) is 0 Å². The Hall–Kier alpha value is -2.71. The first-order valence-electron chi connectivity index (χ1n) is 5.84. The fourth-order valence-electron chi connectivity index (χ4n) is 1.60. The number of thiazole rings is 1. The molecule has 4 nitrogen and oxygen atoms in total. The maximum Gasteiger partial charge on any atom is 0.117 e. The number of fused-ring (bicyclic) bond motifs is 1. The smallest absolute Gasteiger partial charge is 0.117 e. The van der Waals surface area contributed by atoms with Crippen molar-refractivity contribution in [3.63, 3.8) is 0 Å². The van der Waals surface area contributed by atoms with Crippen LogP contribution >= 0.6 is 11.3 Å². The summed E-state index contributed by atoms with van der Waals surface area (Å²) >= 11 is 1.51. The van der Waals surface area contributed by atoms with Gasteiger partial charge in [0.1, 0.15) is 17.1 Å². The predicted octanol–water partition coefficient (Wildman–Crippen LogP) is 2.86. The Morgan fingerprint density at radius 2 is 2.05 bits per heavy atom. The van der Waals surface area contributed by atoms with Crippen LogP contribution in [0.4, 0.5) is 0 Å². The van der Waals surface area contributed by atoms with Crippen molar-refractivity contribution < 1.29 is 5.11 Å². The first-order chi connectivity index (χ1) is 9.81. The van der Waals surface area contributed by atoms with Gasteiger partial charge in [-0.25, -0.2) is 15.0 Å². The van der Waals surface area contributed by atoms with E-state index < -0.39 is 0 Å². The lowest BCUT2D eigenvalue weighted by Gasteiger charge is -1.87. The summed E-state index contributed by atoms with van der Waals surface area (Å²) in [5.41, 5.74) is 1.64. The van der Waals surface area contributed by atoms with Gasteiger partial charge < -0.3 is 5.11 Å². The Bertz CT molecular complexity index is 828. The molecular formula is C15H9N3OS. The van der Waals surface area contributed by atoms with Gasteiger partial charge in [0.15, 0.2) is 0 Å². The van der Waals surface area contributed by atoms with Gasteiger partial charge in [0.25, 0.3) is 0 Å². The van der Waals surface area contributed by atoms with E-state index in [2.05, 4.69) is 26.8 Å². The van der Waals surface area contributed by atoms with E-state index in [0.717, 1.165) is 20.8 Å². The lowest BCUT2D eigenvalue weighted by Crippen LogP contribution is -1.78. The van der Waals surface area contributed by atoms with Crippen molar-refractivity contribution in [2.24, 2.45) is 0 Å². The number of rotatable bonds is 1. The highest BCUT2D eigenvalue weighted by Crippen LogP contribution is 2.26. The van der Waals surface area contributed by atoms with E-state index in [1.54, 1.807) is 36.7 Å². The van der Waals surface area contributed by atoms with Gasteiger partial charge in [-0.2, -0.15) is 0 Å². The second kappa shape index (κ2) is 5.51. The standard InChI is InChI=1S/C15H9N3OS/c19-12-5-6-13-14(7-12)20-15(18-13)4-2-1-3-11-8-16-10-17-9-11/h2,4-10,19H/b4-2+. The minimum Gasteiger partial charge on any atom is -0.508 e. The van der Waals surface area contributed by atoms with Crippen molar-refractivity contribution in [3.05, 3.63) is 53.6 Å². The molecule has 0 amide bonds. The van der Waals surface area contributed by atoms with Crippen molar-refractivity contribution in [1.82, 2.24) is 15.0 Å². The number of phenols is 1. The van der Waals surface area contributed by atoms with Gasteiger partial charge in [-0.3, -0.25) is 0 Å². The van der Waals surface area contributed by atoms with Crippen molar-refractivity contribution in [2.45, 2.75) is 0 Å². The summed E-state index contributed by atoms with van der Waals surface area (Å²) in [6, 6.07) is 5.13. The molecule has 0 saturated heterocycles. The molecule has 0 radical (unpaired) electrons. The molecule has 20 heavy (non-hydrogen) atoms. The van der Waals surface area contributed by atoms with Crippen LogP contribution in [0.25, 0.3) is 16.3 Å². The van der Waals surface area contributed by atoms with E-state index in [9.17, 15) is 5.11 Å². The van der Waals surface area contributed by atoms with Crippen LogP contribution in [0.1, 0.15) is 10.6 Å². The van der Waals surface area contributed by atoms with Gasteiger partial charge in [0.2, 0.25) is 0 Å². The summed E-state index contributed by atoms with van der Waals surface area (Å²) in [6.07, 6.45) is 8.38. The number of phenolic OH excluding ortho intramolecular Hbond substituents is 1. The van der Waals surface area contributed by atoms with Crippen LogP contribution in [0.5, 0.6) is 5.75 Å². The highest BCUT2D eigenvalue weighted by molar-refractivity contribution is 7.19. The molecule has 0 atom stereocenters. The molecule has 3 aromatic rings. The summed E-state index contributed by atoms with van der Waals surface area (Å²) in [5, 5.41) is 10.3. The summed E-state index contributed by atoms with van der Waals surface area (Å²) in [6.45, 7) is 0. The minimum absolute atomic E-state index is 0.251. The van der Waals surface area contributed by atoms with Crippen LogP contribution in [0.15, 0.2) is 43.0 Å².